The number of nitrogens with one attached hydrogen (secondary N) is 2. The lowest BCUT2D eigenvalue weighted by atomic mass is 10.2. The topological polar surface area (TPSA) is 132 Å². The van der Waals surface area contributed by atoms with Crippen molar-refractivity contribution in [1.82, 2.24) is 5.43 Å². The fourth-order valence-corrected chi connectivity index (χ4v) is 3.00. The highest BCUT2D eigenvalue weighted by molar-refractivity contribution is 6.30. The smallest absolute Gasteiger partial charge is 0.271 e. The zero-order valence-corrected chi connectivity index (χ0v) is 18.6. The molecule has 10 nitrogen and oxygen atoms in total. The number of hydrazone groups is 1. The quantitative estimate of drug-likeness (QED) is 0.269. The number of hydrogen-bond acceptors (Lipinski definition) is 7. The molecule has 3 rings (SSSR count). The second kappa shape index (κ2) is 11.4. The third-order valence-corrected chi connectivity index (χ3v) is 4.64. The summed E-state index contributed by atoms with van der Waals surface area (Å²) in [6, 6.07) is 16.9. The first-order valence-corrected chi connectivity index (χ1v) is 10.2. The van der Waals surface area contributed by atoms with Crippen LogP contribution in [0.5, 0.6) is 11.5 Å². The van der Waals surface area contributed by atoms with Crippen molar-refractivity contribution in [3.05, 3.63) is 93.0 Å². The summed E-state index contributed by atoms with van der Waals surface area (Å²) in [7, 11) is 1.50. The molecule has 0 aliphatic carbocycles. The van der Waals surface area contributed by atoms with Crippen molar-refractivity contribution in [3.63, 3.8) is 0 Å². The lowest BCUT2D eigenvalue weighted by Crippen LogP contribution is -2.21. The Morgan fingerprint density at radius 1 is 1.09 bits per heavy atom. The highest BCUT2D eigenvalue weighted by Gasteiger charge is 2.12. The minimum Gasteiger partial charge on any atom is -0.495 e. The van der Waals surface area contributed by atoms with Crippen LogP contribution in [-0.4, -0.2) is 36.7 Å². The Morgan fingerprint density at radius 3 is 2.65 bits per heavy atom. The number of ether oxygens (including phenoxy) is 2. The largest absolute Gasteiger partial charge is 0.495 e. The van der Waals surface area contributed by atoms with Crippen molar-refractivity contribution in [1.29, 1.82) is 0 Å². The Hall–Kier alpha value is -4.44. The van der Waals surface area contributed by atoms with Gasteiger partial charge in [0, 0.05) is 28.3 Å². The van der Waals surface area contributed by atoms with Crippen LogP contribution in [0.3, 0.4) is 0 Å². The fraction of sp³-hybridized carbons (Fsp3) is 0.0870. The van der Waals surface area contributed by atoms with Crippen LogP contribution >= 0.6 is 11.6 Å². The third-order valence-electron chi connectivity index (χ3n) is 4.40. The van der Waals surface area contributed by atoms with E-state index < -0.39 is 16.7 Å². The molecule has 0 bridgehead atoms. The van der Waals surface area contributed by atoms with Crippen LogP contribution in [0, 0.1) is 10.1 Å². The Balaban J connectivity index is 1.64. The normalized spacial score (nSPS) is 10.5. The first-order chi connectivity index (χ1) is 16.4. The van der Waals surface area contributed by atoms with Gasteiger partial charge in [0.25, 0.3) is 17.5 Å². The molecule has 0 unspecified atom stereocenters. The van der Waals surface area contributed by atoms with Crippen LogP contribution < -0.4 is 20.2 Å². The summed E-state index contributed by atoms with van der Waals surface area (Å²) in [6.07, 6.45) is 1.29. The van der Waals surface area contributed by atoms with E-state index >= 15 is 0 Å². The molecular formula is C23H19ClN4O6. The van der Waals surface area contributed by atoms with E-state index in [4.69, 9.17) is 21.1 Å². The molecule has 3 aromatic carbocycles. The number of para-hydroxylation sites is 2. The van der Waals surface area contributed by atoms with Crippen LogP contribution in [0.15, 0.2) is 71.8 Å². The molecule has 3 aromatic rings. The van der Waals surface area contributed by atoms with Gasteiger partial charge in [0.05, 0.1) is 23.9 Å². The monoisotopic (exact) mass is 482 g/mol. The van der Waals surface area contributed by atoms with Crippen LogP contribution in [0.2, 0.25) is 5.02 Å². The second-order valence-corrected chi connectivity index (χ2v) is 7.16. The molecular weight excluding hydrogens is 464 g/mol. The number of rotatable bonds is 9. The van der Waals surface area contributed by atoms with E-state index in [9.17, 15) is 19.7 Å². The summed E-state index contributed by atoms with van der Waals surface area (Å²) in [6.45, 7) is -0.305. The molecule has 0 aliphatic heterocycles. The second-order valence-electron chi connectivity index (χ2n) is 6.73. The van der Waals surface area contributed by atoms with E-state index in [1.165, 1.54) is 37.6 Å². The predicted molar refractivity (Wildman–Crippen MR) is 127 cm³/mol. The fourth-order valence-electron chi connectivity index (χ4n) is 2.81. The number of nitrogens with zero attached hydrogens (tertiary/aromatic N) is 2. The van der Waals surface area contributed by atoms with E-state index in [0.717, 1.165) is 6.07 Å². The number of methoxy groups -OCH3 is 1. The number of non-ortho nitro benzene ring substituents is 1. The van der Waals surface area contributed by atoms with Crippen LogP contribution in [0.25, 0.3) is 0 Å². The third kappa shape index (κ3) is 6.53. The van der Waals surface area contributed by atoms with Crippen molar-refractivity contribution in [3.8, 4) is 11.5 Å². The average Bonchev–Trinajstić information content (AvgIpc) is 2.83. The summed E-state index contributed by atoms with van der Waals surface area (Å²) in [5, 5.41) is 17.8. The first-order valence-electron chi connectivity index (χ1n) is 9.80. The lowest BCUT2D eigenvalue weighted by molar-refractivity contribution is -0.384. The van der Waals surface area contributed by atoms with Gasteiger partial charge < -0.3 is 14.8 Å². The summed E-state index contributed by atoms with van der Waals surface area (Å²) in [4.78, 5) is 34.8. The zero-order chi connectivity index (χ0) is 24.5. The number of nitro benzene ring substituents is 1. The summed E-state index contributed by atoms with van der Waals surface area (Å²) >= 11 is 6.04. The number of carbonyl (C=O) groups is 2. The zero-order valence-electron chi connectivity index (χ0n) is 17.9. The Labute approximate surface area is 199 Å². The number of halogens is 1. The van der Waals surface area contributed by atoms with E-state index in [-0.39, 0.29) is 17.9 Å². The van der Waals surface area contributed by atoms with Gasteiger partial charge in [-0.05, 0) is 36.4 Å². The number of anilines is 1. The molecule has 0 radical (unpaired) electrons. The Bertz CT molecular complexity index is 1250. The minimum atomic E-state index is -0.638. The number of nitro groups is 1. The molecule has 0 aromatic heterocycles. The molecule has 11 heteroatoms. The van der Waals surface area contributed by atoms with Gasteiger partial charge in [-0.25, -0.2) is 5.43 Å². The van der Waals surface area contributed by atoms with Gasteiger partial charge in [0.15, 0.2) is 6.61 Å². The standard InChI is InChI=1S/C23H19ClN4O6/c1-33-21-8-3-2-7-19(21)26-22(29)14-34-20-10-9-17(24)11-16(20)13-25-27-23(30)15-5-4-6-18(12-15)28(31)32/h2-13H,14H2,1H3,(H,26,29)(H,27,30)/b25-13+. The van der Waals surface area contributed by atoms with Crippen LogP contribution in [0.1, 0.15) is 15.9 Å². The number of carbonyl (C=O) groups excluding carboxylic acids is 2. The SMILES string of the molecule is COc1ccccc1NC(=O)COc1ccc(Cl)cc1/C=N/NC(=O)c1cccc([N+](=O)[O-])c1. The molecule has 2 N–H and O–H groups in total. The summed E-state index contributed by atoms with van der Waals surface area (Å²) in [5.41, 5.74) is 3.04. The van der Waals surface area contributed by atoms with Gasteiger partial charge >= 0.3 is 0 Å². The summed E-state index contributed by atoms with van der Waals surface area (Å²) < 4.78 is 10.8. The van der Waals surface area contributed by atoms with Gasteiger partial charge in [-0.15, -0.1) is 0 Å². The maximum absolute atomic E-state index is 12.3. The predicted octanol–water partition coefficient (Wildman–Crippen LogP) is 4.04. The van der Waals surface area contributed by atoms with Gasteiger partial charge in [-0.2, -0.15) is 5.10 Å². The number of hydrogen-bond donors (Lipinski definition) is 2. The highest BCUT2D eigenvalue weighted by Crippen LogP contribution is 2.24. The molecule has 0 aliphatic rings. The number of benzene rings is 3. The Kier molecular flexibility index (Phi) is 8.14. The summed E-state index contributed by atoms with van der Waals surface area (Å²) in [5.74, 6) is -0.246. The molecule has 0 saturated carbocycles. The van der Waals surface area contributed by atoms with Crippen LogP contribution in [0.4, 0.5) is 11.4 Å². The maximum Gasteiger partial charge on any atom is 0.271 e. The number of amides is 2. The molecule has 2 amide bonds. The van der Waals surface area contributed by atoms with Crippen molar-refractivity contribution in [2.24, 2.45) is 5.10 Å². The maximum atomic E-state index is 12.3. The molecule has 0 spiro atoms. The minimum absolute atomic E-state index is 0.0712. The molecule has 0 atom stereocenters. The van der Waals surface area contributed by atoms with Gasteiger partial charge in [0.2, 0.25) is 0 Å². The van der Waals surface area contributed by atoms with Crippen molar-refractivity contribution >= 4 is 41.0 Å². The van der Waals surface area contributed by atoms with Crippen LogP contribution in [-0.2, 0) is 4.79 Å². The van der Waals surface area contributed by atoms with E-state index in [1.807, 2.05) is 0 Å². The first kappa shape index (κ1) is 24.2. The van der Waals surface area contributed by atoms with Crippen molar-refractivity contribution in [2.75, 3.05) is 19.0 Å². The average molecular weight is 483 g/mol. The van der Waals surface area contributed by atoms with E-state index in [1.54, 1.807) is 36.4 Å². The van der Waals surface area contributed by atoms with Crippen molar-refractivity contribution < 1.29 is 24.0 Å². The Morgan fingerprint density at radius 2 is 1.88 bits per heavy atom. The van der Waals surface area contributed by atoms with Gasteiger partial charge in [0.1, 0.15) is 11.5 Å². The molecule has 174 valence electrons. The molecule has 0 fully saturated rings. The molecule has 34 heavy (non-hydrogen) atoms. The molecule has 0 saturated heterocycles. The van der Waals surface area contributed by atoms with Crippen molar-refractivity contribution in [2.45, 2.75) is 0 Å². The van der Waals surface area contributed by atoms with E-state index in [2.05, 4.69) is 15.8 Å². The van der Waals surface area contributed by atoms with Gasteiger partial charge in [-0.3, -0.25) is 19.7 Å². The van der Waals surface area contributed by atoms with E-state index in [0.29, 0.717) is 27.8 Å². The highest BCUT2D eigenvalue weighted by atomic mass is 35.5. The van der Waals surface area contributed by atoms with Gasteiger partial charge in [-0.1, -0.05) is 29.8 Å². The lowest BCUT2D eigenvalue weighted by Gasteiger charge is -2.12. The molecule has 0 heterocycles.